The van der Waals surface area contributed by atoms with Gasteiger partial charge in [0.15, 0.2) is 11.5 Å². The van der Waals surface area contributed by atoms with E-state index in [0.717, 1.165) is 11.1 Å². The molecule has 16 nitrogen and oxygen atoms in total. The molecule has 4 rings (SSSR count). The molecule has 0 aliphatic carbocycles. The Hall–Kier alpha value is -5.71. The van der Waals surface area contributed by atoms with Crippen molar-refractivity contribution in [2.45, 2.75) is 64.2 Å². The van der Waals surface area contributed by atoms with Gasteiger partial charge in [0.1, 0.15) is 37.1 Å². The number of phenolic OH excluding ortho intramolecular Hbond substituents is 1. The van der Waals surface area contributed by atoms with E-state index in [1.54, 1.807) is 17.0 Å². The SMILES string of the molecule is CC(C)CC(NC(=O)C(Cc1ccccc1)NC(=O)CNC(=O)C(C)NC(=O)C(N)Cc1ccc(O)cc1)C(=O)N1CCOCCOc2ccccc2OCCOCC1. The minimum absolute atomic E-state index is 0.0263. The van der Waals surface area contributed by atoms with Gasteiger partial charge in [0.2, 0.25) is 29.5 Å². The minimum Gasteiger partial charge on any atom is -0.508 e. The average Bonchev–Trinajstić information content (AvgIpc) is 3.22. The highest BCUT2D eigenvalue weighted by molar-refractivity contribution is 5.94. The number of nitrogens with one attached hydrogen (secondary N) is 4. The Balaban J connectivity index is 1.36. The van der Waals surface area contributed by atoms with Gasteiger partial charge in [-0.1, -0.05) is 68.4 Å². The third-order valence-electron chi connectivity index (χ3n) is 9.30. The maximum Gasteiger partial charge on any atom is 0.245 e. The van der Waals surface area contributed by atoms with Crippen molar-refractivity contribution in [3.05, 3.63) is 90.0 Å². The summed E-state index contributed by atoms with van der Waals surface area (Å²) >= 11 is 0. The van der Waals surface area contributed by atoms with Gasteiger partial charge in [0.05, 0.1) is 39.0 Å². The zero-order valence-corrected chi connectivity index (χ0v) is 34.0. The molecule has 0 saturated carbocycles. The van der Waals surface area contributed by atoms with Crippen molar-refractivity contribution in [3.63, 3.8) is 0 Å². The van der Waals surface area contributed by atoms with Gasteiger partial charge in [-0.05, 0) is 61.1 Å². The first kappa shape index (κ1) is 46.0. The molecule has 3 aromatic carbocycles. The summed E-state index contributed by atoms with van der Waals surface area (Å²) in [6.45, 7) is 6.92. The van der Waals surface area contributed by atoms with Crippen LogP contribution in [0.15, 0.2) is 78.9 Å². The summed E-state index contributed by atoms with van der Waals surface area (Å²) in [5.74, 6) is -1.44. The van der Waals surface area contributed by atoms with Gasteiger partial charge in [-0.25, -0.2) is 0 Å². The van der Waals surface area contributed by atoms with Gasteiger partial charge < -0.3 is 56.0 Å². The maximum absolute atomic E-state index is 14.1. The van der Waals surface area contributed by atoms with E-state index >= 15 is 0 Å². The maximum atomic E-state index is 14.1. The van der Waals surface area contributed by atoms with Crippen LogP contribution in [0.3, 0.4) is 0 Å². The molecule has 59 heavy (non-hydrogen) atoms. The van der Waals surface area contributed by atoms with Crippen LogP contribution >= 0.6 is 0 Å². The molecular weight excluding hydrogens is 761 g/mol. The molecule has 4 atom stereocenters. The number of aromatic hydroxyl groups is 1. The number of amides is 5. The summed E-state index contributed by atoms with van der Waals surface area (Å²) in [6, 6.07) is 18.7. The summed E-state index contributed by atoms with van der Waals surface area (Å²) in [5.41, 5.74) is 7.53. The van der Waals surface area contributed by atoms with Crippen LogP contribution in [0.1, 0.15) is 38.3 Å². The quantitative estimate of drug-likeness (QED) is 0.129. The molecule has 3 aromatic rings. The molecule has 1 aliphatic rings. The standard InChI is InChI=1S/C43H58N6O10/c1-29(2)25-36(43(55)49-17-19-56-21-23-58-37-11-7-8-12-38(37)59-24-22-57-20-18-49)48-42(54)35(27-31-9-5-4-6-10-31)47-39(51)28-45-40(52)30(3)46-41(53)34(44)26-32-13-15-33(50)16-14-32/h4-16,29-30,34-36,50H,17-28,44H2,1-3H3,(H,45,52)(H,46,53)(H,47,51)(H,48,54). The van der Waals surface area contributed by atoms with E-state index in [1.807, 2.05) is 68.4 Å². The molecule has 0 spiro atoms. The van der Waals surface area contributed by atoms with Crippen molar-refractivity contribution in [2.24, 2.45) is 11.7 Å². The Morgan fingerprint density at radius 3 is 1.83 bits per heavy atom. The van der Waals surface area contributed by atoms with E-state index in [-0.39, 0.29) is 83.1 Å². The summed E-state index contributed by atoms with van der Waals surface area (Å²) < 4.78 is 23.3. The summed E-state index contributed by atoms with van der Waals surface area (Å²) in [4.78, 5) is 68.6. The highest BCUT2D eigenvalue weighted by Gasteiger charge is 2.31. The monoisotopic (exact) mass is 818 g/mol. The predicted molar refractivity (Wildman–Crippen MR) is 220 cm³/mol. The van der Waals surface area contributed by atoms with Crippen LogP contribution in [-0.2, 0) is 46.3 Å². The van der Waals surface area contributed by atoms with Gasteiger partial charge in [0.25, 0.3) is 0 Å². The molecule has 0 saturated heterocycles. The lowest BCUT2D eigenvalue weighted by Gasteiger charge is -2.30. The van der Waals surface area contributed by atoms with Gasteiger partial charge in [0, 0.05) is 19.5 Å². The minimum atomic E-state index is -1.10. The Morgan fingerprint density at radius 2 is 1.24 bits per heavy atom. The van der Waals surface area contributed by atoms with Gasteiger partial charge in [-0.3, -0.25) is 24.0 Å². The number of fused-ring (bicyclic) bond motifs is 1. The van der Waals surface area contributed by atoms with Crippen molar-refractivity contribution in [1.82, 2.24) is 26.2 Å². The number of para-hydroxylation sites is 2. The molecule has 1 aliphatic heterocycles. The lowest BCUT2D eigenvalue weighted by Crippen LogP contribution is -2.57. The molecule has 0 fully saturated rings. The fraction of sp³-hybridized carbons (Fsp3) is 0.465. The summed E-state index contributed by atoms with van der Waals surface area (Å²) in [6.07, 6.45) is 0.618. The lowest BCUT2D eigenvalue weighted by atomic mass is 10.0. The Bertz CT molecular complexity index is 1760. The number of hydrogen-bond donors (Lipinski definition) is 6. The number of nitrogens with zero attached hydrogens (tertiary/aromatic N) is 1. The van der Waals surface area contributed by atoms with Crippen molar-refractivity contribution < 1.29 is 48.0 Å². The van der Waals surface area contributed by atoms with Crippen LogP contribution in [0.2, 0.25) is 0 Å². The fourth-order valence-electron chi connectivity index (χ4n) is 6.17. The average molecular weight is 819 g/mol. The van der Waals surface area contributed by atoms with E-state index in [4.69, 9.17) is 24.7 Å². The smallest absolute Gasteiger partial charge is 0.245 e. The van der Waals surface area contributed by atoms with Gasteiger partial charge in [-0.15, -0.1) is 0 Å². The molecule has 1 heterocycles. The molecule has 4 unspecified atom stereocenters. The van der Waals surface area contributed by atoms with E-state index in [2.05, 4.69) is 21.3 Å². The van der Waals surface area contributed by atoms with Crippen LogP contribution in [0.25, 0.3) is 0 Å². The number of hydrogen-bond acceptors (Lipinski definition) is 11. The van der Waals surface area contributed by atoms with Crippen molar-refractivity contribution in [2.75, 3.05) is 59.3 Å². The molecule has 5 amide bonds. The third kappa shape index (κ3) is 16.2. The van der Waals surface area contributed by atoms with Crippen molar-refractivity contribution in [1.29, 1.82) is 0 Å². The molecule has 0 radical (unpaired) electrons. The lowest BCUT2D eigenvalue weighted by molar-refractivity contribution is -0.139. The predicted octanol–water partition coefficient (Wildman–Crippen LogP) is 1.47. The van der Waals surface area contributed by atoms with Crippen molar-refractivity contribution >= 4 is 29.5 Å². The number of phenols is 1. The fourth-order valence-corrected chi connectivity index (χ4v) is 6.17. The van der Waals surface area contributed by atoms with E-state index in [0.29, 0.717) is 17.9 Å². The largest absolute Gasteiger partial charge is 0.508 e. The molecule has 0 bridgehead atoms. The molecule has 0 aromatic heterocycles. The van der Waals surface area contributed by atoms with Crippen LogP contribution in [-0.4, -0.2) is 123 Å². The molecule has 7 N–H and O–H groups in total. The number of nitrogens with two attached hydrogens (primary N) is 1. The van der Waals surface area contributed by atoms with Crippen LogP contribution < -0.4 is 36.5 Å². The van der Waals surface area contributed by atoms with E-state index in [1.165, 1.54) is 19.1 Å². The second-order valence-electron chi connectivity index (χ2n) is 14.6. The van der Waals surface area contributed by atoms with Gasteiger partial charge >= 0.3 is 0 Å². The Morgan fingerprint density at radius 1 is 0.661 bits per heavy atom. The van der Waals surface area contributed by atoms with Crippen LogP contribution in [0, 0.1) is 5.92 Å². The number of rotatable bonds is 15. The normalized spacial score (nSPS) is 15.9. The third-order valence-corrected chi connectivity index (χ3v) is 9.30. The molecular formula is C43H58N6O10. The second kappa shape index (κ2) is 24.3. The molecule has 16 heteroatoms. The highest BCUT2D eigenvalue weighted by atomic mass is 16.6. The second-order valence-corrected chi connectivity index (χ2v) is 14.6. The zero-order valence-electron chi connectivity index (χ0n) is 34.0. The first-order valence-electron chi connectivity index (χ1n) is 19.9. The van der Waals surface area contributed by atoms with E-state index in [9.17, 15) is 29.1 Å². The number of carbonyl (C=O) groups is 5. The topological polar surface area (TPSA) is 220 Å². The van der Waals surface area contributed by atoms with E-state index < -0.39 is 54.3 Å². The zero-order chi connectivity index (χ0) is 42.6. The number of carbonyl (C=O) groups excluding carboxylic acids is 5. The van der Waals surface area contributed by atoms with Crippen LogP contribution in [0.4, 0.5) is 0 Å². The Labute approximate surface area is 345 Å². The first-order chi connectivity index (χ1) is 28.4. The number of ether oxygens (including phenoxy) is 4. The number of benzene rings is 3. The molecule has 320 valence electrons. The Kier molecular flexibility index (Phi) is 18.9. The van der Waals surface area contributed by atoms with Crippen LogP contribution in [0.5, 0.6) is 17.2 Å². The van der Waals surface area contributed by atoms with Gasteiger partial charge in [-0.2, -0.15) is 0 Å². The van der Waals surface area contributed by atoms with Crippen molar-refractivity contribution in [3.8, 4) is 17.2 Å². The summed E-state index contributed by atoms with van der Waals surface area (Å²) in [7, 11) is 0. The summed E-state index contributed by atoms with van der Waals surface area (Å²) in [5, 5.41) is 20.2. The first-order valence-corrected chi connectivity index (χ1v) is 19.9. The highest BCUT2D eigenvalue weighted by Crippen LogP contribution is 2.26.